The summed E-state index contributed by atoms with van der Waals surface area (Å²) >= 11 is 0. The first-order valence-electron chi connectivity index (χ1n) is 13.6. The molecule has 0 saturated carbocycles. The van der Waals surface area contributed by atoms with Crippen LogP contribution in [0.3, 0.4) is 0 Å². The van der Waals surface area contributed by atoms with E-state index in [-0.39, 0.29) is 5.69 Å². The fourth-order valence-electron chi connectivity index (χ4n) is 3.90. The monoisotopic (exact) mass is 554 g/mol. The molecule has 40 heavy (non-hydrogen) atoms. The van der Waals surface area contributed by atoms with Crippen molar-refractivity contribution in [3.05, 3.63) is 84.3 Å². The molecule has 0 aliphatic rings. The summed E-state index contributed by atoms with van der Waals surface area (Å²) in [5, 5.41) is 8.00. The maximum atomic E-state index is 12.8. The minimum atomic E-state index is -4.71. The highest BCUT2D eigenvalue weighted by atomic mass is 19.4. The van der Waals surface area contributed by atoms with Crippen molar-refractivity contribution in [3.63, 3.8) is 0 Å². The average Bonchev–Trinajstić information content (AvgIpc) is 2.95. The first-order chi connectivity index (χ1) is 19.2. The molecule has 214 valence electrons. The molecule has 2 aromatic carbocycles. The standard InChI is InChI=1S/C31H37F3N4O2/c1-3-5-7-19-39-26-14-9-23(10-15-26)38(24-11-16-27(17-12-24)40-20-8-6-4-2)25-13-18-29(37-22-25)28(35)21-30(36)31(32,33)34/h9-18,21-22,35H,3-8,19-20,36H2,1-2H3. The number of hydrogen-bond donors (Lipinski definition) is 2. The van der Waals surface area contributed by atoms with Gasteiger partial charge in [0.15, 0.2) is 0 Å². The number of unbranched alkanes of at least 4 members (excludes halogenated alkanes) is 4. The van der Waals surface area contributed by atoms with E-state index in [0.717, 1.165) is 61.4 Å². The van der Waals surface area contributed by atoms with Crippen molar-refractivity contribution < 1.29 is 22.6 Å². The lowest BCUT2D eigenvalue weighted by Gasteiger charge is -2.25. The van der Waals surface area contributed by atoms with Gasteiger partial charge in [-0.1, -0.05) is 39.5 Å². The number of halogens is 3. The molecule has 3 aromatic rings. The summed E-state index contributed by atoms with van der Waals surface area (Å²) < 4.78 is 50.1. The zero-order valence-corrected chi connectivity index (χ0v) is 23.0. The fourth-order valence-corrected chi connectivity index (χ4v) is 3.90. The van der Waals surface area contributed by atoms with Gasteiger partial charge < -0.3 is 20.1 Å². The van der Waals surface area contributed by atoms with Gasteiger partial charge in [-0.15, -0.1) is 0 Å². The average molecular weight is 555 g/mol. The molecule has 1 heterocycles. The number of ether oxygens (including phenoxy) is 2. The molecule has 1 aromatic heterocycles. The van der Waals surface area contributed by atoms with Crippen LogP contribution in [0.2, 0.25) is 0 Å². The van der Waals surface area contributed by atoms with Crippen LogP contribution >= 0.6 is 0 Å². The van der Waals surface area contributed by atoms with E-state index in [1.807, 2.05) is 53.4 Å². The van der Waals surface area contributed by atoms with Gasteiger partial charge in [-0.25, -0.2) is 0 Å². The molecule has 0 spiro atoms. The Morgan fingerprint density at radius 2 is 1.27 bits per heavy atom. The molecule has 0 unspecified atom stereocenters. The Morgan fingerprint density at radius 1 is 0.800 bits per heavy atom. The van der Waals surface area contributed by atoms with E-state index in [9.17, 15) is 13.2 Å². The highest BCUT2D eigenvalue weighted by Crippen LogP contribution is 2.36. The van der Waals surface area contributed by atoms with Gasteiger partial charge >= 0.3 is 6.18 Å². The van der Waals surface area contributed by atoms with Crippen molar-refractivity contribution >= 4 is 22.8 Å². The van der Waals surface area contributed by atoms with Crippen LogP contribution in [0.25, 0.3) is 0 Å². The predicted molar refractivity (Wildman–Crippen MR) is 154 cm³/mol. The van der Waals surface area contributed by atoms with Crippen LogP contribution in [-0.4, -0.2) is 30.1 Å². The number of rotatable bonds is 15. The van der Waals surface area contributed by atoms with Gasteiger partial charge in [-0.2, -0.15) is 13.2 Å². The van der Waals surface area contributed by atoms with Crippen LogP contribution in [-0.2, 0) is 0 Å². The number of nitrogens with zero attached hydrogens (tertiary/aromatic N) is 2. The highest BCUT2D eigenvalue weighted by Gasteiger charge is 2.31. The van der Waals surface area contributed by atoms with Gasteiger partial charge in [0.05, 0.1) is 36.5 Å². The first kappa shape index (κ1) is 30.5. The number of anilines is 3. The van der Waals surface area contributed by atoms with Gasteiger partial charge in [-0.3, -0.25) is 10.4 Å². The number of nitrogens with one attached hydrogen (secondary N) is 1. The topological polar surface area (TPSA) is 84.5 Å². The van der Waals surface area contributed by atoms with E-state index >= 15 is 0 Å². The first-order valence-corrected chi connectivity index (χ1v) is 13.6. The van der Waals surface area contributed by atoms with Crippen molar-refractivity contribution in [3.8, 4) is 11.5 Å². The fraction of sp³-hybridized carbons (Fsp3) is 0.355. The Labute approximate surface area is 234 Å². The maximum Gasteiger partial charge on any atom is 0.430 e. The van der Waals surface area contributed by atoms with Crippen LogP contribution in [0.1, 0.15) is 58.1 Å². The van der Waals surface area contributed by atoms with Crippen LogP contribution in [0.5, 0.6) is 11.5 Å². The molecule has 0 fully saturated rings. The molecule has 0 amide bonds. The van der Waals surface area contributed by atoms with E-state index in [4.69, 9.17) is 20.6 Å². The number of nitrogens with two attached hydrogens (primary N) is 1. The van der Waals surface area contributed by atoms with E-state index < -0.39 is 17.6 Å². The van der Waals surface area contributed by atoms with Gasteiger partial charge in [-0.05, 0) is 79.6 Å². The second-order valence-corrected chi connectivity index (χ2v) is 9.35. The van der Waals surface area contributed by atoms with Crippen LogP contribution in [0.4, 0.5) is 30.2 Å². The minimum Gasteiger partial charge on any atom is -0.494 e. The summed E-state index contributed by atoms with van der Waals surface area (Å²) in [5.74, 6) is 1.54. The van der Waals surface area contributed by atoms with E-state index in [1.54, 1.807) is 6.07 Å². The number of benzene rings is 2. The molecule has 0 radical (unpaired) electrons. The van der Waals surface area contributed by atoms with Crippen LogP contribution in [0, 0.1) is 5.41 Å². The largest absolute Gasteiger partial charge is 0.494 e. The van der Waals surface area contributed by atoms with Crippen LogP contribution in [0.15, 0.2) is 78.6 Å². The molecule has 0 saturated heterocycles. The lowest BCUT2D eigenvalue weighted by molar-refractivity contribution is -0.0925. The van der Waals surface area contributed by atoms with Crippen LogP contribution < -0.4 is 20.1 Å². The molecular weight excluding hydrogens is 517 g/mol. The number of allylic oxidation sites excluding steroid dienone is 2. The molecule has 0 atom stereocenters. The molecule has 3 N–H and O–H groups in total. The third-order valence-corrected chi connectivity index (χ3v) is 6.13. The SMILES string of the molecule is CCCCCOc1ccc(N(c2ccc(OCCCCC)cc2)c2ccc(C(=N)C=C(N)C(F)(F)F)nc2)cc1. The van der Waals surface area contributed by atoms with E-state index in [2.05, 4.69) is 18.8 Å². The van der Waals surface area contributed by atoms with Gasteiger partial charge in [0.25, 0.3) is 0 Å². The normalized spacial score (nSPS) is 11.8. The van der Waals surface area contributed by atoms with Crippen molar-refractivity contribution in [1.82, 2.24) is 4.98 Å². The van der Waals surface area contributed by atoms with Crippen molar-refractivity contribution in [2.75, 3.05) is 18.1 Å². The van der Waals surface area contributed by atoms with Gasteiger partial charge in [0.1, 0.15) is 17.2 Å². The second kappa shape index (κ2) is 15.0. The van der Waals surface area contributed by atoms with Gasteiger partial charge in [0.2, 0.25) is 0 Å². The molecule has 6 nitrogen and oxygen atoms in total. The zero-order chi connectivity index (χ0) is 29.0. The smallest absolute Gasteiger partial charge is 0.430 e. The molecule has 0 aliphatic heterocycles. The van der Waals surface area contributed by atoms with Crippen molar-refractivity contribution in [2.45, 2.75) is 58.5 Å². The lowest BCUT2D eigenvalue weighted by Crippen LogP contribution is -2.21. The Hall–Kier alpha value is -4.01. The minimum absolute atomic E-state index is 0.0718. The maximum absolute atomic E-state index is 12.8. The Morgan fingerprint density at radius 3 is 1.68 bits per heavy atom. The van der Waals surface area contributed by atoms with Crippen molar-refractivity contribution in [2.24, 2.45) is 5.73 Å². The molecule has 0 aliphatic carbocycles. The lowest BCUT2D eigenvalue weighted by atomic mass is 10.1. The summed E-state index contributed by atoms with van der Waals surface area (Å²) in [6.07, 6.45) is 3.84. The quantitative estimate of drug-likeness (QED) is 0.145. The van der Waals surface area contributed by atoms with E-state index in [1.165, 1.54) is 12.3 Å². The Balaban J connectivity index is 1.87. The third-order valence-electron chi connectivity index (χ3n) is 6.13. The highest BCUT2D eigenvalue weighted by molar-refractivity contribution is 6.05. The van der Waals surface area contributed by atoms with Crippen molar-refractivity contribution in [1.29, 1.82) is 5.41 Å². The summed E-state index contributed by atoms with van der Waals surface area (Å²) in [6.45, 7) is 5.60. The number of aromatic nitrogens is 1. The molecule has 0 bridgehead atoms. The summed E-state index contributed by atoms with van der Waals surface area (Å²) in [7, 11) is 0. The number of alkyl halides is 3. The summed E-state index contributed by atoms with van der Waals surface area (Å²) in [6, 6.07) is 18.6. The number of pyridine rings is 1. The zero-order valence-electron chi connectivity index (χ0n) is 23.0. The third kappa shape index (κ3) is 9.03. The predicted octanol–water partition coefficient (Wildman–Crippen LogP) is 8.46. The molecule has 3 rings (SSSR count). The molecule has 9 heteroatoms. The second-order valence-electron chi connectivity index (χ2n) is 9.35. The molecular formula is C31H37F3N4O2. The summed E-state index contributed by atoms with van der Waals surface area (Å²) in [5.41, 5.74) is 5.71. The number of hydrogen-bond acceptors (Lipinski definition) is 6. The Kier molecular flexibility index (Phi) is 11.4. The van der Waals surface area contributed by atoms with Gasteiger partial charge in [0, 0.05) is 11.4 Å². The van der Waals surface area contributed by atoms with E-state index in [0.29, 0.717) is 25.0 Å². The Bertz CT molecular complexity index is 1170. The summed E-state index contributed by atoms with van der Waals surface area (Å²) in [4.78, 5) is 6.21.